The summed E-state index contributed by atoms with van der Waals surface area (Å²) in [5, 5.41) is 3.52. The largest absolute Gasteiger partial charge is 0.397 e. The third kappa shape index (κ3) is 4.14. The minimum atomic E-state index is 0.520. The van der Waals surface area contributed by atoms with Gasteiger partial charge >= 0.3 is 0 Å². The van der Waals surface area contributed by atoms with E-state index in [1.807, 2.05) is 24.3 Å². The Balaban J connectivity index is 2.68. The summed E-state index contributed by atoms with van der Waals surface area (Å²) in [6.07, 6.45) is 6.64. The van der Waals surface area contributed by atoms with E-state index in [2.05, 4.69) is 25.7 Å². The fraction of sp³-hybridized carbons (Fsp3) is 0.467. The topological polar surface area (TPSA) is 38.0 Å². The number of hydrogen-bond acceptors (Lipinski definition) is 2. The van der Waals surface area contributed by atoms with Crippen LogP contribution >= 0.6 is 0 Å². The van der Waals surface area contributed by atoms with Crippen molar-refractivity contribution in [1.29, 1.82) is 0 Å². The predicted octanol–water partition coefficient (Wildman–Crippen LogP) is 4.29. The van der Waals surface area contributed by atoms with Crippen molar-refractivity contribution in [2.45, 2.75) is 45.6 Å². The molecular weight excluding hydrogens is 208 g/mol. The van der Waals surface area contributed by atoms with Gasteiger partial charge in [-0.15, -0.1) is 0 Å². The number of hydrogen-bond donors (Lipinski definition) is 2. The van der Waals surface area contributed by atoms with Gasteiger partial charge in [-0.2, -0.15) is 0 Å². The van der Waals surface area contributed by atoms with Crippen LogP contribution in [0.3, 0.4) is 0 Å². The maximum atomic E-state index is 6.02. The first-order valence-corrected chi connectivity index (χ1v) is 6.49. The summed E-state index contributed by atoms with van der Waals surface area (Å²) in [6.45, 7) is 8.18. The monoisotopic (exact) mass is 232 g/mol. The molecule has 2 heteroatoms. The molecule has 1 atom stereocenters. The molecule has 1 unspecified atom stereocenters. The highest BCUT2D eigenvalue weighted by molar-refractivity contribution is 5.70. The minimum absolute atomic E-state index is 0.520. The van der Waals surface area contributed by atoms with Gasteiger partial charge in [-0.1, -0.05) is 45.4 Å². The van der Waals surface area contributed by atoms with E-state index in [1.54, 1.807) is 0 Å². The van der Waals surface area contributed by atoms with Crippen molar-refractivity contribution in [3.8, 4) is 0 Å². The molecule has 0 heterocycles. The molecule has 0 aliphatic rings. The van der Waals surface area contributed by atoms with Crippen molar-refractivity contribution in [2.75, 3.05) is 11.1 Å². The molecule has 1 aromatic carbocycles. The molecule has 0 fully saturated rings. The van der Waals surface area contributed by atoms with Gasteiger partial charge in [-0.05, 0) is 30.5 Å². The van der Waals surface area contributed by atoms with Crippen molar-refractivity contribution in [1.82, 2.24) is 0 Å². The van der Waals surface area contributed by atoms with Crippen LogP contribution in [0.5, 0.6) is 0 Å². The molecule has 0 amide bonds. The average Bonchev–Trinajstić information content (AvgIpc) is 2.36. The molecule has 0 radical (unpaired) electrons. The van der Waals surface area contributed by atoms with Gasteiger partial charge in [-0.3, -0.25) is 0 Å². The van der Waals surface area contributed by atoms with Gasteiger partial charge in [0, 0.05) is 6.04 Å². The minimum Gasteiger partial charge on any atom is -0.397 e. The predicted molar refractivity (Wildman–Crippen MR) is 78.2 cm³/mol. The van der Waals surface area contributed by atoms with Gasteiger partial charge in [0.15, 0.2) is 0 Å². The van der Waals surface area contributed by atoms with E-state index in [1.165, 1.54) is 19.3 Å². The molecule has 0 aliphatic carbocycles. The second-order valence-electron chi connectivity index (χ2n) is 4.44. The van der Waals surface area contributed by atoms with E-state index in [-0.39, 0.29) is 0 Å². The molecule has 0 aromatic heterocycles. The maximum absolute atomic E-state index is 6.02. The quantitative estimate of drug-likeness (QED) is 0.688. The Morgan fingerprint density at radius 3 is 2.71 bits per heavy atom. The van der Waals surface area contributed by atoms with Crippen LogP contribution in [0.15, 0.2) is 24.8 Å². The number of nitrogens with two attached hydrogens (primary N) is 1. The number of anilines is 2. The average molecular weight is 232 g/mol. The van der Waals surface area contributed by atoms with E-state index in [0.29, 0.717) is 6.04 Å². The lowest BCUT2D eigenvalue weighted by Gasteiger charge is -2.19. The lowest BCUT2D eigenvalue weighted by molar-refractivity contribution is 0.593. The zero-order valence-electron chi connectivity index (χ0n) is 11.0. The lowest BCUT2D eigenvalue weighted by Crippen LogP contribution is -2.19. The van der Waals surface area contributed by atoms with Crippen LogP contribution in [0.1, 0.15) is 45.1 Å². The molecule has 17 heavy (non-hydrogen) atoms. The van der Waals surface area contributed by atoms with Gasteiger partial charge < -0.3 is 11.1 Å². The third-order valence-electron chi connectivity index (χ3n) is 3.07. The molecule has 0 bridgehead atoms. The summed E-state index contributed by atoms with van der Waals surface area (Å²) in [5.41, 5.74) is 8.93. The molecule has 3 N–H and O–H groups in total. The first kappa shape index (κ1) is 13.6. The van der Waals surface area contributed by atoms with E-state index in [9.17, 15) is 0 Å². The van der Waals surface area contributed by atoms with Crippen LogP contribution in [0, 0.1) is 0 Å². The molecule has 0 spiro atoms. The van der Waals surface area contributed by atoms with Crippen molar-refractivity contribution >= 4 is 17.5 Å². The Morgan fingerprint density at radius 1 is 1.41 bits per heavy atom. The number of rotatable bonds is 7. The first-order chi connectivity index (χ1) is 8.21. The standard InChI is InChI=1S/C15H24N2/c1-4-7-8-13(6-3)17-15-10-9-12(5-2)11-14(15)16/h5,9-11,13,17H,2,4,6-8,16H2,1,3H3. The highest BCUT2D eigenvalue weighted by atomic mass is 14.9. The summed E-state index contributed by atoms with van der Waals surface area (Å²) < 4.78 is 0. The Kier molecular flexibility index (Phi) is 5.61. The Morgan fingerprint density at radius 2 is 2.18 bits per heavy atom. The maximum Gasteiger partial charge on any atom is 0.0576 e. The smallest absolute Gasteiger partial charge is 0.0576 e. The fourth-order valence-corrected chi connectivity index (χ4v) is 1.89. The number of unbranched alkanes of at least 4 members (excludes halogenated alkanes) is 1. The Labute approximate surface area is 105 Å². The molecular formula is C15H24N2. The highest BCUT2D eigenvalue weighted by Gasteiger charge is 2.07. The second kappa shape index (κ2) is 7.00. The van der Waals surface area contributed by atoms with Crippen molar-refractivity contribution in [3.63, 3.8) is 0 Å². The molecule has 94 valence electrons. The molecule has 1 rings (SSSR count). The summed E-state index contributed by atoms with van der Waals surface area (Å²) in [5.74, 6) is 0. The summed E-state index contributed by atoms with van der Waals surface area (Å²) in [6, 6.07) is 6.56. The van der Waals surface area contributed by atoms with Gasteiger partial charge in [-0.25, -0.2) is 0 Å². The second-order valence-corrected chi connectivity index (χ2v) is 4.44. The molecule has 0 saturated carbocycles. The van der Waals surface area contributed by atoms with Gasteiger partial charge in [0.1, 0.15) is 0 Å². The Hall–Kier alpha value is -1.44. The van der Waals surface area contributed by atoms with Crippen molar-refractivity contribution in [3.05, 3.63) is 30.3 Å². The third-order valence-corrected chi connectivity index (χ3v) is 3.07. The molecule has 0 saturated heterocycles. The van der Waals surface area contributed by atoms with Crippen LogP contribution in [0.2, 0.25) is 0 Å². The summed E-state index contributed by atoms with van der Waals surface area (Å²) in [4.78, 5) is 0. The first-order valence-electron chi connectivity index (χ1n) is 6.49. The van der Waals surface area contributed by atoms with Crippen LogP contribution < -0.4 is 11.1 Å². The van der Waals surface area contributed by atoms with Crippen LogP contribution in [0.4, 0.5) is 11.4 Å². The molecule has 2 nitrogen and oxygen atoms in total. The summed E-state index contributed by atoms with van der Waals surface area (Å²) >= 11 is 0. The SMILES string of the molecule is C=Cc1ccc(NC(CC)CCCC)c(N)c1. The van der Waals surface area contributed by atoms with E-state index in [4.69, 9.17) is 5.73 Å². The number of nitrogen functional groups attached to an aromatic ring is 1. The van der Waals surface area contributed by atoms with Crippen molar-refractivity contribution < 1.29 is 0 Å². The van der Waals surface area contributed by atoms with E-state index in [0.717, 1.165) is 23.4 Å². The van der Waals surface area contributed by atoms with Crippen LogP contribution in [-0.2, 0) is 0 Å². The zero-order valence-corrected chi connectivity index (χ0v) is 11.0. The zero-order chi connectivity index (χ0) is 12.7. The Bertz CT molecular complexity index is 358. The lowest BCUT2D eigenvalue weighted by atomic mass is 10.1. The molecule has 1 aromatic rings. The van der Waals surface area contributed by atoms with Gasteiger partial charge in [0.05, 0.1) is 11.4 Å². The molecule has 0 aliphatic heterocycles. The van der Waals surface area contributed by atoms with Gasteiger partial charge in [0.2, 0.25) is 0 Å². The van der Waals surface area contributed by atoms with Crippen LogP contribution in [-0.4, -0.2) is 6.04 Å². The fourth-order valence-electron chi connectivity index (χ4n) is 1.89. The summed E-state index contributed by atoms with van der Waals surface area (Å²) in [7, 11) is 0. The van der Waals surface area contributed by atoms with E-state index < -0.39 is 0 Å². The number of nitrogens with one attached hydrogen (secondary N) is 1. The van der Waals surface area contributed by atoms with Crippen LogP contribution in [0.25, 0.3) is 6.08 Å². The van der Waals surface area contributed by atoms with Crippen molar-refractivity contribution in [2.24, 2.45) is 0 Å². The number of benzene rings is 1. The normalized spacial score (nSPS) is 12.1. The van der Waals surface area contributed by atoms with E-state index >= 15 is 0 Å². The highest BCUT2D eigenvalue weighted by Crippen LogP contribution is 2.23. The van der Waals surface area contributed by atoms with Gasteiger partial charge in [0.25, 0.3) is 0 Å².